The first kappa shape index (κ1) is 15.4. The number of hydrogen-bond donors (Lipinski definition) is 2. The minimum atomic E-state index is -0.983. The van der Waals surface area contributed by atoms with Crippen molar-refractivity contribution in [1.82, 2.24) is 10.2 Å². The summed E-state index contributed by atoms with van der Waals surface area (Å²) in [5.41, 5.74) is 1.77. The van der Waals surface area contributed by atoms with Gasteiger partial charge in [-0.25, -0.2) is 4.39 Å². The summed E-state index contributed by atoms with van der Waals surface area (Å²) in [6, 6.07) is 1.73. The van der Waals surface area contributed by atoms with Gasteiger partial charge < -0.3 is 5.11 Å². The lowest BCUT2D eigenvalue weighted by Gasteiger charge is -2.52. The van der Waals surface area contributed by atoms with Crippen molar-refractivity contribution in [1.29, 1.82) is 0 Å². The van der Waals surface area contributed by atoms with Crippen LogP contribution in [-0.4, -0.2) is 20.9 Å². The molecule has 5 atom stereocenters. The van der Waals surface area contributed by atoms with Crippen LogP contribution in [0, 0.1) is 35.4 Å². The molecule has 3 aliphatic carbocycles. The molecule has 5 rings (SSSR count). The Labute approximate surface area is 147 Å². The molecule has 1 aromatic carbocycles. The van der Waals surface area contributed by atoms with Crippen molar-refractivity contribution in [3.63, 3.8) is 0 Å². The standard InChI is InChI=1S/C21H23FN2O/c1-3-21(25)9-7-17-14-5-4-12-15(13(14)6-8-20(17,21)2)10-18(22)19-16(12)11-23-24-19/h1,10-11,13-14,17,25H,4-9H2,2H3,(H,23,24)/t13?,14?,17?,20-,21-/m0/s1. The molecule has 0 saturated heterocycles. The minimum Gasteiger partial charge on any atom is -0.377 e. The SMILES string of the molecule is C#C[C@]1(O)CCC2C3CCc4c(cc(F)c5[nH]ncc45)C3CC[C@@]21C. The average molecular weight is 338 g/mol. The quantitative estimate of drug-likeness (QED) is 0.715. The van der Waals surface area contributed by atoms with Gasteiger partial charge in [-0.05, 0) is 73.5 Å². The maximum absolute atomic E-state index is 14.5. The van der Waals surface area contributed by atoms with Gasteiger partial charge >= 0.3 is 0 Å². The summed E-state index contributed by atoms with van der Waals surface area (Å²) >= 11 is 0. The number of halogens is 1. The summed E-state index contributed by atoms with van der Waals surface area (Å²) in [4.78, 5) is 0. The maximum atomic E-state index is 14.5. The number of aromatic nitrogens is 2. The van der Waals surface area contributed by atoms with E-state index in [2.05, 4.69) is 23.0 Å². The summed E-state index contributed by atoms with van der Waals surface area (Å²) in [6.07, 6.45) is 13.1. The number of aromatic amines is 1. The lowest BCUT2D eigenvalue weighted by molar-refractivity contribution is -0.0646. The van der Waals surface area contributed by atoms with E-state index < -0.39 is 5.60 Å². The van der Waals surface area contributed by atoms with Gasteiger partial charge in [0.05, 0.1) is 6.20 Å². The molecule has 2 aromatic rings. The number of benzene rings is 1. The fourth-order valence-electron chi connectivity index (χ4n) is 6.40. The number of hydrogen-bond acceptors (Lipinski definition) is 2. The molecule has 2 N–H and O–H groups in total. The van der Waals surface area contributed by atoms with Crippen LogP contribution < -0.4 is 0 Å². The first-order valence-corrected chi connectivity index (χ1v) is 9.33. The Bertz CT molecular complexity index is 912. The van der Waals surface area contributed by atoms with Gasteiger partial charge in [0.25, 0.3) is 0 Å². The van der Waals surface area contributed by atoms with Crippen molar-refractivity contribution >= 4 is 10.9 Å². The van der Waals surface area contributed by atoms with E-state index >= 15 is 0 Å². The average Bonchev–Trinajstić information content (AvgIpc) is 3.19. The van der Waals surface area contributed by atoms with E-state index in [9.17, 15) is 9.50 Å². The Hall–Kier alpha value is -1.86. The number of aryl methyl sites for hydroxylation is 1. The molecule has 1 heterocycles. The summed E-state index contributed by atoms with van der Waals surface area (Å²) in [5, 5.41) is 18.8. The molecule has 130 valence electrons. The molecular formula is C21H23FN2O. The molecule has 0 bridgehead atoms. The smallest absolute Gasteiger partial charge is 0.149 e. The largest absolute Gasteiger partial charge is 0.377 e. The summed E-state index contributed by atoms with van der Waals surface area (Å²) in [6.45, 7) is 2.18. The van der Waals surface area contributed by atoms with Crippen LogP contribution in [0.5, 0.6) is 0 Å². The van der Waals surface area contributed by atoms with E-state index in [1.54, 1.807) is 12.3 Å². The number of terminal acetylenes is 1. The molecule has 0 amide bonds. The molecule has 3 unspecified atom stereocenters. The van der Waals surface area contributed by atoms with Gasteiger partial charge in [0.1, 0.15) is 16.9 Å². The molecule has 3 nitrogen and oxygen atoms in total. The van der Waals surface area contributed by atoms with Crippen LogP contribution in [0.3, 0.4) is 0 Å². The second-order valence-corrected chi connectivity index (χ2v) is 8.50. The predicted octanol–water partition coefficient (Wildman–Crippen LogP) is 3.92. The van der Waals surface area contributed by atoms with Crippen LogP contribution >= 0.6 is 0 Å². The zero-order valence-electron chi connectivity index (χ0n) is 14.5. The van der Waals surface area contributed by atoms with Gasteiger partial charge in [0.2, 0.25) is 0 Å². The highest BCUT2D eigenvalue weighted by molar-refractivity contribution is 5.84. The molecule has 0 aliphatic heterocycles. The van der Waals surface area contributed by atoms with E-state index in [0.717, 1.165) is 37.5 Å². The van der Waals surface area contributed by atoms with Gasteiger partial charge in [-0.3, -0.25) is 5.10 Å². The lowest BCUT2D eigenvalue weighted by atomic mass is 9.53. The molecule has 0 radical (unpaired) electrons. The third kappa shape index (κ3) is 1.77. The second kappa shape index (κ2) is 4.86. The molecule has 2 fully saturated rings. The predicted molar refractivity (Wildman–Crippen MR) is 94.5 cm³/mol. The Balaban J connectivity index is 1.61. The zero-order valence-corrected chi connectivity index (χ0v) is 14.5. The van der Waals surface area contributed by atoms with Crippen LogP contribution in [0.4, 0.5) is 4.39 Å². The Morgan fingerprint density at radius 3 is 3.00 bits per heavy atom. The number of rotatable bonds is 0. The number of H-pyrrole nitrogens is 1. The fraction of sp³-hybridized carbons (Fsp3) is 0.571. The van der Waals surface area contributed by atoms with Gasteiger partial charge in [-0.15, -0.1) is 6.42 Å². The van der Waals surface area contributed by atoms with Crippen molar-refractivity contribution in [2.45, 2.75) is 57.0 Å². The molecule has 4 heteroatoms. The Kier molecular flexibility index (Phi) is 2.99. The summed E-state index contributed by atoms with van der Waals surface area (Å²) in [7, 11) is 0. The second-order valence-electron chi connectivity index (χ2n) is 8.50. The van der Waals surface area contributed by atoms with E-state index in [1.807, 2.05) is 0 Å². The van der Waals surface area contributed by atoms with Crippen molar-refractivity contribution in [3.8, 4) is 12.3 Å². The number of nitrogens with one attached hydrogen (secondary N) is 1. The van der Waals surface area contributed by atoms with Crippen LogP contribution in [0.1, 0.15) is 56.1 Å². The third-order valence-corrected chi connectivity index (χ3v) is 7.79. The van der Waals surface area contributed by atoms with Gasteiger partial charge in [-0.2, -0.15) is 5.10 Å². The van der Waals surface area contributed by atoms with Crippen molar-refractivity contribution < 1.29 is 9.50 Å². The van der Waals surface area contributed by atoms with Crippen molar-refractivity contribution in [3.05, 3.63) is 29.2 Å². The maximum Gasteiger partial charge on any atom is 0.149 e. The monoisotopic (exact) mass is 338 g/mol. The summed E-state index contributed by atoms with van der Waals surface area (Å²) < 4.78 is 14.5. The lowest BCUT2D eigenvalue weighted by Crippen LogP contribution is -2.50. The van der Waals surface area contributed by atoms with Crippen LogP contribution in [-0.2, 0) is 6.42 Å². The van der Waals surface area contributed by atoms with E-state index in [4.69, 9.17) is 6.42 Å². The first-order valence-electron chi connectivity index (χ1n) is 9.33. The number of fused-ring (bicyclic) bond motifs is 7. The number of nitrogens with zero attached hydrogens (tertiary/aromatic N) is 1. The van der Waals surface area contributed by atoms with Gasteiger partial charge in [-0.1, -0.05) is 12.8 Å². The highest BCUT2D eigenvalue weighted by Gasteiger charge is 2.61. The normalized spacial score (nSPS) is 39.5. The Morgan fingerprint density at radius 2 is 2.20 bits per heavy atom. The van der Waals surface area contributed by atoms with Crippen LogP contribution in [0.25, 0.3) is 10.9 Å². The van der Waals surface area contributed by atoms with E-state index in [-0.39, 0.29) is 11.2 Å². The summed E-state index contributed by atoms with van der Waals surface area (Å²) in [5.74, 6) is 3.78. The fourth-order valence-corrected chi connectivity index (χ4v) is 6.40. The molecule has 0 spiro atoms. The van der Waals surface area contributed by atoms with Crippen LogP contribution in [0.15, 0.2) is 12.3 Å². The van der Waals surface area contributed by atoms with Crippen molar-refractivity contribution in [2.24, 2.45) is 17.3 Å². The minimum absolute atomic E-state index is 0.202. The molecule has 1 aromatic heterocycles. The van der Waals surface area contributed by atoms with Crippen molar-refractivity contribution in [2.75, 3.05) is 0 Å². The molecule has 25 heavy (non-hydrogen) atoms. The zero-order chi connectivity index (χ0) is 17.4. The highest BCUT2D eigenvalue weighted by atomic mass is 19.1. The van der Waals surface area contributed by atoms with Crippen LogP contribution in [0.2, 0.25) is 0 Å². The van der Waals surface area contributed by atoms with Gasteiger partial charge in [0, 0.05) is 10.8 Å². The molecule has 2 saturated carbocycles. The van der Waals surface area contributed by atoms with Gasteiger partial charge in [0.15, 0.2) is 0 Å². The van der Waals surface area contributed by atoms with E-state index in [0.29, 0.717) is 29.7 Å². The third-order valence-electron chi connectivity index (χ3n) is 7.79. The topological polar surface area (TPSA) is 48.9 Å². The van der Waals surface area contributed by atoms with E-state index in [1.165, 1.54) is 11.1 Å². The highest BCUT2D eigenvalue weighted by Crippen LogP contribution is 2.64. The molecular weight excluding hydrogens is 315 g/mol. The first-order chi connectivity index (χ1) is 12.0. The number of aliphatic hydroxyl groups is 1. The molecule has 3 aliphatic rings. The Morgan fingerprint density at radius 1 is 1.36 bits per heavy atom.